The smallest absolute Gasteiger partial charge is 0.236 e. The normalized spacial score (nSPS) is 13.7. The summed E-state index contributed by atoms with van der Waals surface area (Å²) >= 11 is 0. The van der Waals surface area contributed by atoms with Gasteiger partial charge in [-0.3, -0.25) is 9.59 Å². The molecule has 0 fully saturated rings. The van der Waals surface area contributed by atoms with Crippen LogP contribution in [0.25, 0.3) is 0 Å². The van der Waals surface area contributed by atoms with E-state index in [1.165, 1.54) is 0 Å². The second kappa shape index (κ2) is 4.56. The fourth-order valence-corrected chi connectivity index (χ4v) is 2.09. The number of hydrogen-bond donors (Lipinski definition) is 3. The van der Waals surface area contributed by atoms with Gasteiger partial charge in [-0.1, -0.05) is 0 Å². The summed E-state index contributed by atoms with van der Waals surface area (Å²) in [6.45, 7) is 0.0803. The molecule has 0 saturated carbocycles. The summed E-state index contributed by atoms with van der Waals surface area (Å²) in [6.07, 6.45) is 1.16. The number of nitrogens with one attached hydrogen (secondary N) is 1. The van der Waals surface area contributed by atoms with Gasteiger partial charge in [0.2, 0.25) is 11.8 Å². The summed E-state index contributed by atoms with van der Waals surface area (Å²) in [6, 6.07) is 3.62. The molecule has 0 bridgehead atoms. The fourth-order valence-electron chi connectivity index (χ4n) is 2.09. The molecule has 0 aromatic heterocycles. The molecule has 1 heterocycles. The molecule has 0 atom stereocenters. The second-order valence-corrected chi connectivity index (χ2v) is 4.44. The highest BCUT2D eigenvalue weighted by Crippen LogP contribution is 2.32. The van der Waals surface area contributed by atoms with Crippen molar-refractivity contribution in [3.63, 3.8) is 0 Å². The van der Waals surface area contributed by atoms with Crippen LogP contribution in [-0.2, 0) is 16.0 Å². The van der Waals surface area contributed by atoms with Gasteiger partial charge in [-0.25, -0.2) is 0 Å². The third-order valence-corrected chi connectivity index (χ3v) is 2.95. The van der Waals surface area contributed by atoms with Gasteiger partial charge < -0.3 is 21.7 Å². The minimum absolute atomic E-state index is 0.00391. The van der Waals surface area contributed by atoms with Gasteiger partial charge in [0.1, 0.15) is 0 Å². The number of benzene rings is 1. The van der Waals surface area contributed by atoms with Crippen LogP contribution in [0.4, 0.5) is 17.1 Å². The number of carbonyl (C=O) groups excluding carboxylic acids is 2. The molecule has 0 saturated heterocycles. The van der Waals surface area contributed by atoms with Crippen molar-refractivity contribution in [2.75, 3.05) is 29.5 Å². The molecule has 1 aromatic rings. The van der Waals surface area contributed by atoms with E-state index in [0.717, 1.165) is 11.3 Å². The van der Waals surface area contributed by atoms with Crippen LogP contribution in [0.3, 0.4) is 0 Å². The number of rotatable bonds is 3. The monoisotopic (exact) mass is 248 g/mol. The molecule has 0 spiro atoms. The number of aryl methyl sites for hydroxylation is 1. The Morgan fingerprint density at radius 3 is 2.83 bits per heavy atom. The Morgan fingerprint density at radius 1 is 1.44 bits per heavy atom. The zero-order chi connectivity index (χ0) is 13.3. The lowest BCUT2D eigenvalue weighted by atomic mass is 10.0. The molecule has 96 valence electrons. The van der Waals surface area contributed by atoms with Crippen LogP contribution in [0.1, 0.15) is 12.0 Å². The maximum absolute atomic E-state index is 11.3. The second-order valence-electron chi connectivity index (χ2n) is 4.44. The van der Waals surface area contributed by atoms with E-state index < -0.39 is 5.91 Å². The highest BCUT2D eigenvalue weighted by molar-refractivity contribution is 5.96. The number of anilines is 3. The average molecular weight is 248 g/mol. The molecule has 1 aliphatic rings. The predicted octanol–water partition coefficient (Wildman–Crippen LogP) is 0.0750. The number of fused-ring (bicyclic) bond motifs is 1. The maximum atomic E-state index is 11.3. The van der Waals surface area contributed by atoms with Gasteiger partial charge in [-0.05, 0) is 24.1 Å². The molecule has 6 heteroatoms. The zero-order valence-corrected chi connectivity index (χ0v) is 10.2. The first-order chi connectivity index (χ1) is 8.47. The van der Waals surface area contributed by atoms with E-state index in [4.69, 9.17) is 11.5 Å². The first-order valence-electron chi connectivity index (χ1n) is 5.69. The van der Waals surface area contributed by atoms with Gasteiger partial charge in [-0.15, -0.1) is 0 Å². The van der Waals surface area contributed by atoms with Crippen LogP contribution in [0.15, 0.2) is 12.1 Å². The number of carbonyl (C=O) groups is 2. The number of nitrogens with two attached hydrogens (primary N) is 2. The standard InChI is InChI=1S/C12H16N4O2/c1-16(6-11(14)17)10-5-9-7(4-8(10)13)2-3-12(18)15-9/h4-5H,2-3,6,13H2,1H3,(H2,14,17)(H,15,18). The molecule has 5 N–H and O–H groups in total. The Bertz CT molecular complexity index is 513. The highest BCUT2D eigenvalue weighted by Gasteiger charge is 2.18. The summed E-state index contributed by atoms with van der Waals surface area (Å²) in [5, 5.41) is 2.80. The van der Waals surface area contributed by atoms with Crippen LogP contribution in [0, 0.1) is 0 Å². The molecule has 1 aliphatic heterocycles. The van der Waals surface area contributed by atoms with Crippen molar-refractivity contribution >= 4 is 28.9 Å². The Kier molecular flexibility index (Phi) is 3.10. The van der Waals surface area contributed by atoms with Crippen LogP contribution in [0.2, 0.25) is 0 Å². The van der Waals surface area contributed by atoms with Crippen LogP contribution in [0.5, 0.6) is 0 Å². The fraction of sp³-hybridized carbons (Fsp3) is 0.333. The third kappa shape index (κ3) is 2.37. The van der Waals surface area contributed by atoms with Crippen molar-refractivity contribution in [2.24, 2.45) is 5.73 Å². The summed E-state index contributed by atoms with van der Waals surface area (Å²) < 4.78 is 0. The summed E-state index contributed by atoms with van der Waals surface area (Å²) in [7, 11) is 1.73. The molecule has 0 aliphatic carbocycles. The van der Waals surface area contributed by atoms with E-state index in [1.54, 1.807) is 18.0 Å². The largest absolute Gasteiger partial charge is 0.397 e. The topological polar surface area (TPSA) is 101 Å². The van der Waals surface area contributed by atoms with Gasteiger partial charge in [0, 0.05) is 19.2 Å². The lowest BCUT2D eigenvalue weighted by molar-refractivity contribution is -0.117. The molecule has 2 rings (SSSR count). The lowest BCUT2D eigenvalue weighted by Crippen LogP contribution is -2.31. The molecule has 2 amide bonds. The quantitative estimate of drug-likeness (QED) is 0.659. The van der Waals surface area contributed by atoms with E-state index in [0.29, 0.717) is 24.2 Å². The van der Waals surface area contributed by atoms with E-state index in [9.17, 15) is 9.59 Å². The lowest BCUT2D eigenvalue weighted by Gasteiger charge is -2.24. The number of likely N-dealkylation sites (N-methyl/N-ethyl adjacent to an activating group) is 1. The first-order valence-corrected chi connectivity index (χ1v) is 5.69. The highest BCUT2D eigenvalue weighted by atomic mass is 16.2. The van der Waals surface area contributed by atoms with Crippen LogP contribution < -0.4 is 21.7 Å². The number of hydrogen-bond acceptors (Lipinski definition) is 4. The summed E-state index contributed by atoms with van der Waals surface area (Å²) in [5.74, 6) is -0.436. The van der Waals surface area contributed by atoms with Crippen molar-refractivity contribution in [2.45, 2.75) is 12.8 Å². The van der Waals surface area contributed by atoms with Crippen molar-refractivity contribution in [1.29, 1.82) is 0 Å². The SMILES string of the molecule is CN(CC(N)=O)c1cc2c(cc1N)CCC(=O)N2. The molecule has 0 radical (unpaired) electrons. The predicted molar refractivity (Wildman–Crippen MR) is 70.3 cm³/mol. The molecule has 18 heavy (non-hydrogen) atoms. The maximum Gasteiger partial charge on any atom is 0.236 e. The molecular formula is C12H16N4O2. The Hall–Kier alpha value is -2.24. The number of nitrogen functional groups attached to an aromatic ring is 1. The summed E-state index contributed by atoms with van der Waals surface area (Å²) in [5.41, 5.74) is 14.1. The van der Waals surface area contributed by atoms with Crippen molar-refractivity contribution in [1.82, 2.24) is 0 Å². The van der Waals surface area contributed by atoms with Crippen LogP contribution >= 0.6 is 0 Å². The van der Waals surface area contributed by atoms with Gasteiger partial charge in [-0.2, -0.15) is 0 Å². The third-order valence-electron chi connectivity index (χ3n) is 2.95. The minimum atomic E-state index is -0.432. The molecule has 0 unspecified atom stereocenters. The van der Waals surface area contributed by atoms with Gasteiger partial charge in [0.05, 0.1) is 17.9 Å². The Morgan fingerprint density at radius 2 is 2.17 bits per heavy atom. The van der Waals surface area contributed by atoms with Gasteiger partial charge in [0.15, 0.2) is 0 Å². The van der Waals surface area contributed by atoms with Crippen LogP contribution in [-0.4, -0.2) is 25.4 Å². The van der Waals surface area contributed by atoms with E-state index in [1.807, 2.05) is 6.07 Å². The van der Waals surface area contributed by atoms with Gasteiger partial charge in [0.25, 0.3) is 0 Å². The Balaban J connectivity index is 2.34. The van der Waals surface area contributed by atoms with Crippen molar-refractivity contribution in [3.05, 3.63) is 17.7 Å². The average Bonchev–Trinajstić information content (AvgIpc) is 2.27. The Labute approximate surface area is 105 Å². The molecule has 6 nitrogen and oxygen atoms in total. The summed E-state index contributed by atoms with van der Waals surface area (Å²) in [4.78, 5) is 23.9. The zero-order valence-electron chi connectivity index (χ0n) is 10.2. The van der Waals surface area contributed by atoms with Crippen molar-refractivity contribution in [3.8, 4) is 0 Å². The van der Waals surface area contributed by atoms with Crippen molar-refractivity contribution < 1.29 is 9.59 Å². The molecular weight excluding hydrogens is 232 g/mol. The number of nitrogens with zero attached hydrogens (tertiary/aromatic N) is 1. The first kappa shape index (κ1) is 12.2. The molecule has 1 aromatic carbocycles. The van der Waals surface area contributed by atoms with E-state index in [2.05, 4.69) is 5.32 Å². The number of primary amides is 1. The number of amides is 2. The minimum Gasteiger partial charge on any atom is -0.397 e. The van der Waals surface area contributed by atoms with E-state index in [-0.39, 0.29) is 12.5 Å². The van der Waals surface area contributed by atoms with Gasteiger partial charge >= 0.3 is 0 Å². The van der Waals surface area contributed by atoms with E-state index >= 15 is 0 Å².